The number of ether oxygens (including phenoxy) is 1. The van der Waals surface area contributed by atoms with Crippen LogP contribution in [-0.2, 0) is 13.1 Å². The molecule has 0 saturated heterocycles. The molecule has 1 N–H and O–H groups in total. The average Bonchev–Trinajstić information content (AvgIpc) is 2.44. The Balaban J connectivity index is 2.10. The second-order valence-electron chi connectivity index (χ2n) is 5.24. The third kappa shape index (κ3) is 4.79. The minimum Gasteiger partial charge on any atom is -0.489 e. The smallest absolute Gasteiger partial charge is 0.142 e. The molecule has 0 aliphatic carbocycles. The van der Waals surface area contributed by atoms with Crippen molar-refractivity contribution < 1.29 is 4.74 Å². The van der Waals surface area contributed by atoms with Gasteiger partial charge in [0.1, 0.15) is 5.75 Å². The lowest BCUT2D eigenvalue weighted by atomic mass is 10.1. The van der Waals surface area contributed by atoms with Crippen LogP contribution in [0.25, 0.3) is 0 Å². The van der Waals surface area contributed by atoms with Gasteiger partial charge in [-0.3, -0.25) is 0 Å². The summed E-state index contributed by atoms with van der Waals surface area (Å²) < 4.78 is 5.80. The number of benzene rings is 2. The molecule has 0 heterocycles. The zero-order valence-electron chi connectivity index (χ0n) is 12.5. The molecule has 0 saturated carbocycles. The Hall–Kier alpha value is -0.930. The maximum atomic E-state index is 6.24. The fourth-order valence-electron chi connectivity index (χ4n) is 2.09. The first-order valence-electron chi connectivity index (χ1n) is 7.06. The molecule has 2 rings (SSSR count). The van der Waals surface area contributed by atoms with Gasteiger partial charge in [-0.05, 0) is 37.6 Å². The van der Waals surface area contributed by atoms with Crippen LogP contribution in [0.2, 0.25) is 15.1 Å². The summed E-state index contributed by atoms with van der Waals surface area (Å²) >= 11 is 18.5. The third-order valence-electron chi connectivity index (χ3n) is 3.03. The molecule has 2 nitrogen and oxygen atoms in total. The summed E-state index contributed by atoms with van der Waals surface area (Å²) in [7, 11) is 0. The molecule has 0 unspecified atom stereocenters. The summed E-state index contributed by atoms with van der Waals surface area (Å²) in [5, 5.41) is 5.21. The number of hydrogen-bond acceptors (Lipinski definition) is 2. The molecular formula is C17H18Cl3NO. The van der Waals surface area contributed by atoms with Crippen LogP contribution in [0, 0.1) is 0 Å². The van der Waals surface area contributed by atoms with Gasteiger partial charge in [-0.1, -0.05) is 53.0 Å². The number of hydrogen-bond donors (Lipinski definition) is 1. The largest absolute Gasteiger partial charge is 0.489 e. The quantitative estimate of drug-likeness (QED) is 0.712. The van der Waals surface area contributed by atoms with E-state index in [2.05, 4.69) is 5.32 Å². The zero-order chi connectivity index (χ0) is 16.1. The first-order chi connectivity index (χ1) is 10.5. The number of nitrogens with one attached hydrogen (secondary N) is 1. The van der Waals surface area contributed by atoms with Crippen LogP contribution in [0.1, 0.15) is 25.0 Å². The Bertz CT molecular complexity index is 644. The van der Waals surface area contributed by atoms with E-state index >= 15 is 0 Å². The van der Waals surface area contributed by atoms with Crippen LogP contribution >= 0.6 is 34.8 Å². The fourth-order valence-corrected chi connectivity index (χ4v) is 2.87. The van der Waals surface area contributed by atoms with E-state index in [9.17, 15) is 0 Å². The average molecular weight is 359 g/mol. The van der Waals surface area contributed by atoms with E-state index < -0.39 is 0 Å². The minimum atomic E-state index is 0.0426. The Morgan fingerprint density at radius 1 is 0.955 bits per heavy atom. The molecule has 0 atom stereocenters. The highest BCUT2D eigenvalue weighted by Crippen LogP contribution is 2.33. The maximum Gasteiger partial charge on any atom is 0.142 e. The molecular weight excluding hydrogens is 341 g/mol. The third-order valence-corrected chi connectivity index (χ3v) is 3.90. The highest BCUT2D eigenvalue weighted by atomic mass is 35.5. The molecule has 118 valence electrons. The summed E-state index contributed by atoms with van der Waals surface area (Å²) in [6, 6.07) is 11.3. The second kappa shape index (κ2) is 8.07. The lowest BCUT2D eigenvalue weighted by Crippen LogP contribution is -2.15. The van der Waals surface area contributed by atoms with Gasteiger partial charge in [0.2, 0.25) is 0 Å². The molecule has 22 heavy (non-hydrogen) atoms. The molecule has 0 bridgehead atoms. The van der Waals surface area contributed by atoms with E-state index in [-0.39, 0.29) is 6.10 Å². The van der Waals surface area contributed by atoms with Crippen molar-refractivity contribution in [2.24, 2.45) is 0 Å². The Kier molecular flexibility index (Phi) is 6.39. The summed E-state index contributed by atoms with van der Waals surface area (Å²) in [5.41, 5.74) is 1.97. The van der Waals surface area contributed by atoms with E-state index in [1.54, 1.807) is 6.07 Å². The van der Waals surface area contributed by atoms with E-state index in [0.29, 0.717) is 28.9 Å². The lowest BCUT2D eigenvalue weighted by Gasteiger charge is -2.17. The van der Waals surface area contributed by atoms with Crippen molar-refractivity contribution in [3.8, 4) is 5.75 Å². The first-order valence-corrected chi connectivity index (χ1v) is 8.19. The van der Waals surface area contributed by atoms with Gasteiger partial charge in [0.05, 0.1) is 11.1 Å². The standard InChI is InChI=1S/C17H18Cl3NO/c1-11(2)22-17-13(7-14(18)8-16(17)20)10-21-9-12-5-3-4-6-15(12)19/h3-8,11,21H,9-10H2,1-2H3. The van der Waals surface area contributed by atoms with Crippen LogP contribution in [0.15, 0.2) is 36.4 Å². The summed E-state index contributed by atoms with van der Waals surface area (Å²) in [6.45, 7) is 5.18. The van der Waals surface area contributed by atoms with E-state index in [0.717, 1.165) is 16.1 Å². The molecule has 0 fully saturated rings. The van der Waals surface area contributed by atoms with Gasteiger partial charge in [-0.2, -0.15) is 0 Å². The van der Waals surface area contributed by atoms with E-state index in [4.69, 9.17) is 39.5 Å². The molecule has 0 amide bonds. The molecule has 0 aromatic heterocycles. The van der Waals surface area contributed by atoms with Gasteiger partial charge in [0.25, 0.3) is 0 Å². The van der Waals surface area contributed by atoms with Crippen molar-refractivity contribution in [3.05, 3.63) is 62.6 Å². The van der Waals surface area contributed by atoms with Crippen LogP contribution < -0.4 is 10.1 Å². The zero-order valence-corrected chi connectivity index (χ0v) is 14.8. The van der Waals surface area contributed by atoms with Crippen molar-refractivity contribution in [2.45, 2.75) is 33.0 Å². The van der Waals surface area contributed by atoms with Crippen LogP contribution in [0.3, 0.4) is 0 Å². The second-order valence-corrected chi connectivity index (χ2v) is 6.49. The molecule has 5 heteroatoms. The molecule has 0 spiro atoms. The predicted octanol–water partition coefficient (Wildman–Crippen LogP) is 5.72. The predicted molar refractivity (Wildman–Crippen MR) is 94.2 cm³/mol. The van der Waals surface area contributed by atoms with E-state index in [1.165, 1.54) is 0 Å². The summed E-state index contributed by atoms with van der Waals surface area (Å²) in [4.78, 5) is 0. The van der Waals surface area contributed by atoms with Crippen molar-refractivity contribution in [2.75, 3.05) is 0 Å². The van der Waals surface area contributed by atoms with Gasteiger partial charge in [-0.15, -0.1) is 0 Å². The fraction of sp³-hybridized carbons (Fsp3) is 0.294. The molecule has 2 aromatic carbocycles. The Labute approximate surface area is 146 Å². The monoisotopic (exact) mass is 357 g/mol. The van der Waals surface area contributed by atoms with Crippen molar-refractivity contribution in [3.63, 3.8) is 0 Å². The highest BCUT2D eigenvalue weighted by Gasteiger charge is 2.12. The number of halogens is 3. The van der Waals surface area contributed by atoms with Crippen molar-refractivity contribution in [1.82, 2.24) is 5.32 Å². The summed E-state index contributed by atoms with van der Waals surface area (Å²) in [6.07, 6.45) is 0.0426. The van der Waals surface area contributed by atoms with E-state index in [1.807, 2.05) is 44.2 Å². The SMILES string of the molecule is CC(C)Oc1c(Cl)cc(Cl)cc1CNCc1ccccc1Cl. The van der Waals surface area contributed by atoms with Gasteiger partial charge in [-0.25, -0.2) is 0 Å². The molecule has 0 aliphatic rings. The van der Waals surface area contributed by atoms with Crippen LogP contribution in [-0.4, -0.2) is 6.10 Å². The van der Waals surface area contributed by atoms with Gasteiger partial charge in [0.15, 0.2) is 0 Å². The van der Waals surface area contributed by atoms with Gasteiger partial charge in [0, 0.05) is 28.7 Å². The number of rotatable bonds is 6. The lowest BCUT2D eigenvalue weighted by molar-refractivity contribution is 0.239. The van der Waals surface area contributed by atoms with Gasteiger partial charge < -0.3 is 10.1 Å². The molecule has 0 aliphatic heterocycles. The minimum absolute atomic E-state index is 0.0426. The Morgan fingerprint density at radius 2 is 1.64 bits per heavy atom. The normalized spacial score (nSPS) is 11.0. The van der Waals surface area contributed by atoms with Crippen LogP contribution in [0.4, 0.5) is 0 Å². The van der Waals surface area contributed by atoms with Crippen molar-refractivity contribution in [1.29, 1.82) is 0 Å². The highest BCUT2D eigenvalue weighted by molar-refractivity contribution is 6.35. The van der Waals surface area contributed by atoms with Crippen molar-refractivity contribution >= 4 is 34.8 Å². The molecule has 2 aromatic rings. The first kappa shape index (κ1) is 17.4. The van der Waals surface area contributed by atoms with Crippen LogP contribution in [0.5, 0.6) is 5.75 Å². The topological polar surface area (TPSA) is 21.3 Å². The maximum absolute atomic E-state index is 6.24. The van der Waals surface area contributed by atoms with Gasteiger partial charge >= 0.3 is 0 Å². The summed E-state index contributed by atoms with van der Waals surface area (Å²) in [5.74, 6) is 0.674. The molecule has 0 radical (unpaired) electrons. The Morgan fingerprint density at radius 3 is 2.32 bits per heavy atom.